The minimum absolute atomic E-state index is 0.107. The van der Waals surface area contributed by atoms with E-state index in [9.17, 15) is 0 Å². The first kappa shape index (κ1) is 12.0. The Kier molecular flexibility index (Phi) is 8.36. The van der Waals surface area contributed by atoms with E-state index in [1.807, 2.05) is 0 Å². The van der Waals surface area contributed by atoms with Gasteiger partial charge in [-0.05, 0) is 12.1 Å². The molecule has 0 aromatic heterocycles. The Morgan fingerprint density at radius 1 is 0.909 bits per heavy atom. The van der Waals surface area contributed by atoms with Crippen LogP contribution in [0.1, 0.15) is 0 Å². The van der Waals surface area contributed by atoms with E-state index in [-0.39, 0.29) is 17.6 Å². The van der Waals surface area contributed by atoms with Gasteiger partial charge in [-0.15, -0.1) is 23.2 Å². The van der Waals surface area contributed by atoms with Gasteiger partial charge in [-0.25, -0.2) is 0 Å². The maximum absolute atomic E-state index is 5.67. The lowest BCUT2D eigenvalue weighted by atomic mass is 11.0. The molecule has 0 saturated heterocycles. The second-order valence-corrected chi connectivity index (χ2v) is 9.97. The van der Waals surface area contributed by atoms with Crippen molar-refractivity contribution in [2.75, 3.05) is 11.8 Å². The van der Waals surface area contributed by atoms with Crippen molar-refractivity contribution in [1.29, 1.82) is 0 Å². The molecule has 66 valence electrons. The molecule has 4 heteroatoms. The lowest BCUT2D eigenvalue weighted by Crippen LogP contribution is -2.19. The van der Waals surface area contributed by atoms with E-state index in [0.717, 1.165) is 11.8 Å². The number of halogens is 2. The monoisotopic (exact) mass is 226 g/mol. The predicted molar refractivity (Wildman–Crippen MR) is 59.1 cm³/mol. The molecule has 0 aromatic rings. The summed E-state index contributed by atoms with van der Waals surface area (Å²) in [5, 5.41) is 0. The van der Waals surface area contributed by atoms with Crippen molar-refractivity contribution in [2.24, 2.45) is 0 Å². The van der Waals surface area contributed by atoms with E-state index in [4.69, 9.17) is 23.2 Å². The largest absolute Gasteiger partial charge is 0.127 e. The topological polar surface area (TPSA) is 0 Å². The van der Waals surface area contributed by atoms with Gasteiger partial charge in [-0.3, -0.25) is 0 Å². The zero-order valence-corrected chi connectivity index (χ0v) is 10.8. The van der Waals surface area contributed by atoms with Crippen LogP contribution in [0.15, 0.2) is 0 Å². The van der Waals surface area contributed by atoms with Crippen LogP contribution >= 0.6 is 23.2 Å². The van der Waals surface area contributed by atoms with Crippen LogP contribution in [0.2, 0.25) is 30.8 Å². The summed E-state index contributed by atoms with van der Waals surface area (Å²) in [6.07, 6.45) is 0. The van der Waals surface area contributed by atoms with E-state index in [2.05, 4.69) is 13.1 Å². The molecular formula is C7H16Cl2Si2. The van der Waals surface area contributed by atoms with Crippen molar-refractivity contribution in [3.63, 3.8) is 0 Å². The molecule has 0 amide bonds. The fraction of sp³-hybridized carbons (Fsp3) is 1.00. The van der Waals surface area contributed by atoms with Gasteiger partial charge in [0.05, 0.1) is 0 Å². The average molecular weight is 227 g/mol. The van der Waals surface area contributed by atoms with Gasteiger partial charge in [0.2, 0.25) is 0 Å². The molecule has 0 rings (SSSR count). The van der Waals surface area contributed by atoms with Gasteiger partial charge in [0.25, 0.3) is 0 Å². The molecule has 0 aliphatic carbocycles. The Morgan fingerprint density at radius 2 is 1.27 bits per heavy atom. The molecule has 2 radical (unpaired) electrons. The fourth-order valence-corrected chi connectivity index (χ4v) is 9.13. The number of hydrogen-bond donors (Lipinski definition) is 0. The molecule has 0 fully saturated rings. The second-order valence-electron chi connectivity index (χ2n) is 2.97. The summed E-state index contributed by atoms with van der Waals surface area (Å²) >= 11 is 11.3. The smallest absolute Gasteiger partial charge is 0.0427 e. The first-order chi connectivity index (χ1) is 5.20. The summed E-state index contributed by atoms with van der Waals surface area (Å²) in [6, 6.07) is 2.52. The summed E-state index contributed by atoms with van der Waals surface area (Å²) in [5.74, 6) is 1.70. The standard InChI is InChI=1S/C7H16Cl2Si2/c1-10(5-3-8)7-11(2)6-4-9/h3-7H2,1-2H3. The van der Waals surface area contributed by atoms with Gasteiger partial charge < -0.3 is 0 Å². The SMILES string of the molecule is C[Si](CCCl)C[Si](C)CCCl. The first-order valence-corrected chi connectivity index (χ1v) is 9.85. The zero-order chi connectivity index (χ0) is 8.69. The van der Waals surface area contributed by atoms with Crippen LogP contribution in [0.4, 0.5) is 0 Å². The van der Waals surface area contributed by atoms with Gasteiger partial charge in [-0.1, -0.05) is 18.8 Å². The van der Waals surface area contributed by atoms with Crippen molar-refractivity contribution in [3.05, 3.63) is 0 Å². The van der Waals surface area contributed by atoms with Crippen molar-refractivity contribution in [2.45, 2.75) is 30.8 Å². The number of rotatable bonds is 6. The van der Waals surface area contributed by atoms with Crippen LogP contribution in [0.25, 0.3) is 0 Å². The van der Waals surface area contributed by atoms with Crippen molar-refractivity contribution < 1.29 is 0 Å². The molecule has 0 nitrogen and oxygen atoms in total. The third-order valence-electron chi connectivity index (χ3n) is 1.65. The lowest BCUT2D eigenvalue weighted by Gasteiger charge is -2.11. The highest BCUT2D eigenvalue weighted by atomic mass is 35.5. The minimum Gasteiger partial charge on any atom is -0.127 e. The van der Waals surface area contributed by atoms with Crippen molar-refractivity contribution in [1.82, 2.24) is 0 Å². The highest BCUT2D eigenvalue weighted by molar-refractivity contribution is 6.76. The van der Waals surface area contributed by atoms with Crippen LogP contribution in [0.5, 0.6) is 0 Å². The van der Waals surface area contributed by atoms with Crippen molar-refractivity contribution in [3.8, 4) is 0 Å². The molecule has 0 aliphatic heterocycles. The normalized spacial score (nSPS) is 11.5. The Balaban J connectivity index is 3.32. The first-order valence-electron chi connectivity index (χ1n) is 3.95. The molecule has 0 heterocycles. The molecule has 0 saturated carbocycles. The van der Waals surface area contributed by atoms with Crippen LogP contribution < -0.4 is 0 Å². The van der Waals surface area contributed by atoms with Gasteiger partial charge >= 0.3 is 0 Å². The third-order valence-corrected chi connectivity index (χ3v) is 9.69. The Morgan fingerprint density at radius 3 is 1.55 bits per heavy atom. The molecule has 0 N–H and O–H groups in total. The summed E-state index contributed by atoms with van der Waals surface area (Å²) < 4.78 is 0. The van der Waals surface area contributed by atoms with Gasteiger partial charge in [0, 0.05) is 29.4 Å². The quantitative estimate of drug-likeness (QED) is 0.482. The molecule has 0 atom stereocenters. The van der Waals surface area contributed by atoms with Crippen LogP contribution in [-0.2, 0) is 0 Å². The average Bonchev–Trinajstić information content (AvgIpc) is 1.87. The summed E-state index contributed by atoms with van der Waals surface area (Å²) in [4.78, 5) is 0. The number of hydrogen-bond acceptors (Lipinski definition) is 0. The fourth-order valence-electron chi connectivity index (χ4n) is 1.01. The Hall–Kier alpha value is 1.01. The molecule has 0 aromatic carbocycles. The molecule has 0 aliphatic rings. The minimum atomic E-state index is -0.107. The third kappa shape index (κ3) is 7.38. The van der Waals surface area contributed by atoms with E-state index >= 15 is 0 Å². The van der Waals surface area contributed by atoms with Gasteiger partial charge in [-0.2, -0.15) is 0 Å². The highest BCUT2D eigenvalue weighted by Crippen LogP contribution is 2.07. The van der Waals surface area contributed by atoms with Gasteiger partial charge in [0.15, 0.2) is 0 Å². The summed E-state index contributed by atoms with van der Waals surface area (Å²) in [5.41, 5.74) is 1.47. The second kappa shape index (κ2) is 7.65. The van der Waals surface area contributed by atoms with E-state index in [1.54, 1.807) is 0 Å². The maximum atomic E-state index is 5.67. The van der Waals surface area contributed by atoms with Crippen molar-refractivity contribution >= 4 is 40.8 Å². The Labute approximate surface area is 83.5 Å². The van der Waals surface area contributed by atoms with E-state index in [0.29, 0.717) is 0 Å². The van der Waals surface area contributed by atoms with Crippen LogP contribution in [-0.4, -0.2) is 29.4 Å². The molecule has 0 bridgehead atoms. The maximum Gasteiger partial charge on any atom is 0.0427 e. The molecule has 11 heavy (non-hydrogen) atoms. The lowest BCUT2D eigenvalue weighted by molar-refractivity contribution is 1.37. The van der Waals surface area contributed by atoms with E-state index in [1.165, 1.54) is 17.8 Å². The summed E-state index contributed by atoms with van der Waals surface area (Å²) in [6.45, 7) is 4.77. The predicted octanol–water partition coefficient (Wildman–Crippen LogP) is 3.25. The molecule has 0 unspecified atom stereocenters. The van der Waals surface area contributed by atoms with E-state index < -0.39 is 0 Å². The van der Waals surface area contributed by atoms with Gasteiger partial charge in [0.1, 0.15) is 0 Å². The zero-order valence-electron chi connectivity index (χ0n) is 7.29. The van der Waals surface area contributed by atoms with Crippen LogP contribution in [0.3, 0.4) is 0 Å². The molecular weight excluding hydrogens is 211 g/mol. The Bertz CT molecular complexity index is 80.5. The van der Waals surface area contributed by atoms with Crippen LogP contribution in [0, 0.1) is 0 Å². The number of alkyl halides is 2. The molecule has 0 spiro atoms. The highest BCUT2D eigenvalue weighted by Gasteiger charge is 2.10. The summed E-state index contributed by atoms with van der Waals surface area (Å²) in [7, 11) is -0.214.